The number of nitrogens with two attached hydrogens (primary N) is 1. The standard InChI is InChI=1S/C12H18N4S/c1-3-10-4-5-17-12(10)11(15-13)6-9-7-14-16(2)8-9/h4-5,7-8,11,15H,3,6,13H2,1-2H3. The molecular weight excluding hydrogens is 232 g/mol. The smallest absolute Gasteiger partial charge is 0.0597 e. The third-order valence-corrected chi connectivity index (χ3v) is 3.95. The number of hydrogen-bond acceptors (Lipinski definition) is 4. The van der Waals surface area contributed by atoms with Crippen molar-refractivity contribution in [3.63, 3.8) is 0 Å². The van der Waals surface area contributed by atoms with Gasteiger partial charge in [-0.25, -0.2) is 0 Å². The molecule has 92 valence electrons. The zero-order valence-electron chi connectivity index (χ0n) is 10.2. The molecule has 1 unspecified atom stereocenters. The normalized spacial score (nSPS) is 12.9. The Kier molecular flexibility index (Phi) is 3.93. The monoisotopic (exact) mass is 250 g/mol. The van der Waals surface area contributed by atoms with Gasteiger partial charge in [0.2, 0.25) is 0 Å². The van der Waals surface area contributed by atoms with Crippen LogP contribution < -0.4 is 11.3 Å². The average Bonchev–Trinajstić information content (AvgIpc) is 2.94. The molecule has 0 bridgehead atoms. The molecule has 0 spiro atoms. The number of hydrogen-bond donors (Lipinski definition) is 2. The van der Waals surface area contributed by atoms with Crippen molar-refractivity contribution in [1.82, 2.24) is 15.2 Å². The fourth-order valence-corrected chi connectivity index (χ4v) is 3.04. The Morgan fingerprint density at radius 2 is 2.41 bits per heavy atom. The lowest BCUT2D eigenvalue weighted by Crippen LogP contribution is -2.29. The molecule has 2 aromatic heterocycles. The number of nitrogens with zero attached hydrogens (tertiary/aromatic N) is 2. The van der Waals surface area contributed by atoms with Crippen LogP contribution in [-0.2, 0) is 19.9 Å². The Hall–Kier alpha value is -1.17. The molecule has 0 amide bonds. The van der Waals surface area contributed by atoms with Crippen LogP contribution >= 0.6 is 11.3 Å². The molecule has 0 aromatic carbocycles. The summed E-state index contributed by atoms with van der Waals surface area (Å²) >= 11 is 1.76. The molecule has 2 heterocycles. The number of hydrazine groups is 1. The van der Waals surface area contributed by atoms with Crippen molar-refractivity contribution in [2.24, 2.45) is 12.9 Å². The van der Waals surface area contributed by atoms with Crippen molar-refractivity contribution in [2.45, 2.75) is 25.8 Å². The molecule has 3 N–H and O–H groups in total. The van der Waals surface area contributed by atoms with Crippen molar-refractivity contribution in [1.29, 1.82) is 0 Å². The molecule has 4 nitrogen and oxygen atoms in total. The topological polar surface area (TPSA) is 55.9 Å². The highest BCUT2D eigenvalue weighted by Crippen LogP contribution is 2.27. The lowest BCUT2D eigenvalue weighted by atomic mass is 10.0. The molecule has 2 aromatic rings. The third-order valence-electron chi connectivity index (χ3n) is 2.88. The second-order valence-corrected chi connectivity index (χ2v) is 5.06. The summed E-state index contributed by atoms with van der Waals surface area (Å²) in [6, 6.07) is 2.35. The lowest BCUT2D eigenvalue weighted by Gasteiger charge is -2.15. The fourth-order valence-electron chi connectivity index (χ4n) is 1.99. The first-order valence-corrected chi connectivity index (χ1v) is 6.62. The van der Waals surface area contributed by atoms with E-state index in [1.807, 2.05) is 24.1 Å². The van der Waals surface area contributed by atoms with E-state index in [1.54, 1.807) is 11.3 Å². The van der Waals surface area contributed by atoms with Crippen LogP contribution in [0.4, 0.5) is 0 Å². The van der Waals surface area contributed by atoms with E-state index in [0.717, 1.165) is 12.8 Å². The van der Waals surface area contributed by atoms with Gasteiger partial charge in [-0.1, -0.05) is 6.92 Å². The quantitative estimate of drug-likeness (QED) is 0.628. The zero-order chi connectivity index (χ0) is 12.3. The van der Waals surface area contributed by atoms with E-state index in [4.69, 9.17) is 5.84 Å². The summed E-state index contributed by atoms with van der Waals surface area (Å²) in [5.41, 5.74) is 5.49. The molecule has 17 heavy (non-hydrogen) atoms. The summed E-state index contributed by atoms with van der Waals surface area (Å²) < 4.78 is 1.82. The van der Waals surface area contributed by atoms with Gasteiger partial charge < -0.3 is 0 Å². The molecule has 0 radical (unpaired) electrons. The average molecular weight is 250 g/mol. The Bertz CT molecular complexity index is 474. The van der Waals surface area contributed by atoms with E-state index in [9.17, 15) is 0 Å². The maximum Gasteiger partial charge on any atom is 0.0597 e. The highest BCUT2D eigenvalue weighted by molar-refractivity contribution is 7.10. The Labute approximate surface area is 105 Å². The van der Waals surface area contributed by atoms with Gasteiger partial charge in [-0.15, -0.1) is 11.3 Å². The van der Waals surface area contributed by atoms with Gasteiger partial charge in [0.15, 0.2) is 0 Å². The number of thiophene rings is 1. The van der Waals surface area contributed by atoms with Gasteiger partial charge in [0.1, 0.15) is 0 Å². The van der Waals surface area contributed by atoms with Gasteiger partial charge in [0.25, 0.3) is 0 Å². The van der Waals surface area contributed by atoms with Gasteiger partial charge in [0, 0.05) is 18.1 Å². The second-order valence-electron chi connectivity index (χ2n) is 4.11. The Balaban J connectivity index is 2.16. The van der Waals surface area contributed by atoms with Gasteiger partial charge >= 0.3 is 0 Å². The molecule has 0 aliphatic carbocycles. The molecular formula is C12H18N4S. The summed E-state index contributed by atoms with van der Waals surface area (Å²) in [5, 5.41) is 6.31. The summed E-state index contributed by atoms with van der Waals surface area (Å²) in [6.07, 6.45) is 5.84. The first-order valence-electron chi connectivity index (χ1n) is 5.74. The summed E-state index contributed by atoms with van der Waals surface area (Å²) in [4.78, 5) is 1.33. The number of rotatable bonds is 5. The SMILES string of the molecule is CCc1ccsc1C(Cc1cnn(C)c1)NN. The van der Waals surface area contributed by atoms with Crippen molar-refractivity contribution in [3.05, 3.63) is 39.8 Å². The maximum absolute atomic E-state index is 5.67. The highest BCUT2D eigenvalue weighted by atomic mass is 32.1. The largest absolute Gasteiger partial charge is 0.276 e. The molecule has 5 heteroatoms. The number of aryl methyl sites for hydroxylation is 2. The van der Waals surface area contributed by atoms with E-state index in [2.05, 4.69) is 28.9 Å². The van der Waals surface area contributed by atoms with Crippen LogP contribution in [0.15, 0.2) is 23.8 Å². The van der Waals surface area contributed by atoms with Crippen LogP contribution in [0.2, 0.25) is 0 Å². The van der Waals surface area contributed by atoms with Crippen LogP contribution in [0, 0.1) is 0 Å². The summed E-state index contributed by atoms with van der Waals surface area (Å²) in [5.74, 6) is 5.67. The van der Waals surface area contributed by atoms with Crippen molar-refractivity contribution < 1.29 is 0 Å². The van der Waals surface area contributed by atoms with E-state index in [0.29, 0.717) is 0 Å². The predicted octanol–water partition coefficient (Wildman–Crippen LogP) is 1.79. The molecule has 0 aliphatic rings. The number of aromatic nitrogens is 2. The molecule has 0 fully saturated rings. The highest BCUT2D eigenvalue weighted by Gasteiger charge is 2.16. The summed E-state index contributed by atoms with van der Waals surface area (Å²) in [7, 11) is 1.93. The van der Waals surface area contributed by atoms with E-state index >= 15 is 0 Å². The van der Waals surface area contributed by atoms with Crippen LogP contribution in [0.25, 0.3) is 0 Å². The predicted molar refractivity (Wildman–Crippen MR) is 70.7 cm³/mol. The maximum atomic E-state index is 5.67. The van der Waals surface area contributed by atoms with Crippen LogP contribution in [0.3, 0.4) is 0 Å². The van der Waals surface area contributed by atoms with E-state index in [-0.39, 0.29) is 6.04 Å². The minimum absolute atomic E-state index is 0.175. The Morgan fingerprint density at radius 3 is 3.00 bits per heavy atom. The Morgan fingerprint density at radius 1 is 1.59 bits per heavy atom. The minimum atomic E-state index is 0.175. The zero-order valence-corrected chi connectivity index (χ0v) is 11.0. The third kappa shape index (κ3) is 2.74. The van der Waals surface area contributed by atoms with Crippen LogP contribution in [0.5, 0.6) is 0 Å². The van der Waals surface area contributed by atoms with Crippen LogP contribution in [0.1, 0.15) is 29.0 Å². The molecule has 0 aliphatic heterocycles. The van der Waals surface area contributed by atoms with Crippen molar-refractivity contribution in [2.75, 3.05) is 0 Å². The van der Waals surface area contributed by atoms with Crippen LogP contribution in [-0.4, -0.2) is 9.78 Å². The summed E-state index contributed by atoms with van der Waals surface area (Å²) in [6.45, 7) is 2.17. The first kappa shape index (κ1) is 12.3. The first-order chi connectivity index (χ1) is 8.24. The minimum Gasteiger partial charge on any atom is -0.276 e. The van der Waals surface area contributed by atoms with Gasteiger partial charge in [-0.05, 0) is 35.4 Å². The van der Waals surface area contributed by atoms with Gasteiger partial charge in [-0.3, -0.25) is 16.0 Å². The van der Waals surface area contributed by atoms with Crippen molar-refractivity contribution >= 4 is 11.3 Å². The molecule has 0 saturated heterocycles. The van der Waals surface area contributed by atoms with E-state index in [1.165, 1.54) is 16.0 Å². The fraction of sp³-hybridized carbons (Fsp3) is 0.417. The van der Waals surface area contributed by atoms with E-state index < -0.39 is 0 Å². The second kappa shape index (κ2) is 5.44. The van der Waals surface area contributed by atoms with Crippen molar-refractivity contribution in [3.8, 4) is 0 Å². The van der Waals surface area contributed by atoms with Gasteiger partial charge in [-0.2, -0.15) is 5.10 Å². The molecule has 1 atom stereocenters. The molecule has 0 saturated carbocycles. The lowest BCUT2D eigenvalue weighted by molar-refractivity contribution is 0.557. The van der Waals surface area contributed by atoms with Gasteiger partial charge in [0.05, 0.1) is 12.2 Å². The number of nitrogens with one attached hydrogen (secondary N) is 1. The molecule has 2 rings (SSSR count).